The monoisotopic (exact) mass is 380 g/mol. The number of fused-ring (bicyclic) bond motifs is 1. The van der Waals surface area contributed by atoms with Crippen LogP contribution < -0.4 is 0 Å². The maximum absolute atomic E-state index is 6.01. The third kappa shape index (κ3) is 4.39. The van der Waals surface area contributed by atoms with Crippen LogP contribution in [-0.4, -0.2) is 29.5 Å². The van der Waals surface area contributed by atoms with E-state index in [1.165, 1.54) is 79.5 Å². The summed E-state index contributed by atoms with van der Waals surface area (Å²) in [6, 6.07) is 17.1. The Kier molecular flexibility index (Phi) is 5.85. The minimum Gasteiger partial charge on any atom is -0.358 e. The molecule has 0 atom stereocenters. The topological polar surface area (TPSA) is 19.0 Å². The van der Waals surface area contributed by atoms with Gasteiger partial charge in [-0.15, -0.1) is 0 Å². The summed E-state index contributed by atoms with van der Waals surface area (Å²) in [5, 5.41) is 2.24. The molecule has 2 aromatic carbocycles. The van der Waals surface area contributed by atoms with E-state index in [9.17, 15) is 0 Å². The molecule has 1 aromatic heterocycles. The van der Waals surface area contributed by atoms with Crippen LogP contribution in [0.3, 0.4) is 0 Å². The van der Waals surface area contributed by atoms with Crippen molar-refractivity contribution in [3.63, 3.8) is 0 Å². The number of para-hydroxylation sites is 1. The van der Waals surface area contributed by atoms with E-state index in [-0.39, 0.29) is 0 Å². The van der Waals surface area contributed by atoms with Gasteiger partial charge in [-0.05, 0) is 93.9 Å². The lowest BCUT2D eigenvalue weighted by Gasteiger charge is -2.32. The van der Waals surface area contributed by atoms with Crippen molar-refractivity contribution < 1.29 is 0 Å². The SMILES string of the molecule is Cc1[nH]c2ccccc2c1CCCCN1CCC(c2ccc(Cl)cc2)CC1. The number of aryl methyl sites for hydroxylation is 2. The highest BCUT2D eigenvalue weighted by atomic mass is 35.5. The molecule has 0 bridgehead atoms. The molecule has 27 heavy (non-hydrogen) atoms. The van der Waals surface area contributed by atoms with Crippen LogP contribution in [0, 0.1) is 6.92 Å². The van der Waals surface area contributed by atoms with Gasteiger partial charge >= 0.3 is 0 Å². The number of unbranched alkanes of at least 4 members (excludes halogenated alkanes) is 1. The highest BCUT2D eigenvalue weighted by Crippen LogP contribution is 2.29. The Morgan fingerprint density at radius 2 is 1.74 bits per heavy atom. The molecule has 1 N–H and O–H groups in total. The van der Waals surface area contributed by atoms with Crippen molar-refractivity contribution in [2.45, 2.75) is 44.9 Å². The number of halogens is 1. The fraction of sp³-hybridized carbons (Fsp3) is 0.417. The molecule has 1 aliphatic heterocycles. The summed E-state index contributed by atoms with van der Waals surface area (Å²) in [5.74, 6) is 0.701. The Bertz CT molecular complexity index is 873. The molecule has 0 unspecified atom stereocenters. The third-order valence-corrected chi connectivity index (χ3v) is 6.36. The number of likely N-dealkylation sites (tertiary alicyclic amines) is 1. The molecule has 0 radical (unpaired) electrons. The van der Waals surface area contributed by atoms with Gasteiger partial charge in [-0.25, -0.2) is 0 Å². The molecule has 4 rings (SSSR count). The van der Waals surface area contributed by atoms with E-state index in [2.05, 4.69) is 53.2 Å². The molecule has 1 saturated heterocycles. The first-order valence-electron chi connectivity index (χ1n) is 10.2. The molecule has 0 amide bonds. The lowest BCUT2D eigenvalue weighted by atomic mass is 9.89. The zero-order valence-corrected chi connectivity index (χ0v) is 16.9. The van der Waals surface area contributed by atoms with Crippen molar-refractivity contribution in [1.29, 1.82) is 0 Å². The molecule has 3 aromatic rings. The Morgan fingerprint density at radius 3 is 2.52 bits per heavy atom. The van der Waals surface area contributed by atoms with Gasteiger partial charge in [0.05, 0.1) is 0 Å². The van der Waals surface area contributed by atoms with Crippen molar-refractivity contribution in [1.82, 2.24) is 9.88 Å². The van der Waals surface area contributed by atoms with Gasteiger partial charge in [0.25, 0.3) is 0 Å². The predicted molar refractivity (Wildman–Crippen MR) is 116 cm³/mol. The normalized spacial score (nSPS) is 16.2. The second kappa shape index (κ2) is 8.50. The predicted octanol–water partition coefficient (Wildman–Crippen LogP) is 6.33. The highest BCUT2D eigenvalue weighted by molar-refractivity contribution is 6.30. The molecular weight excluding hydrogens is 352 g/mol. The Hall–Kier alpha value is -1.77. The van der Waals surface area contributed by atoms with Crippen LogP contribution in [0.15, 0.2) is 48.5 Å². The van der Waals surface area contributed by atoms with Crippen LogP contribution in [0.1, 0.15) is 48.4 Å². The average molecular weight is 381 g/mol. The number of aromatic amines is 1. The van der Waals surface area contributed by atoms with E-state index >= 15 is 0 Å². The third-order valence-electron chi connectivity index (χ3n) is 6.11. The summed E-state index contributed by atoms with van der Waals surface area (Å²) >= 11 is 6.01. The van der Waals surface area contributed by atoms with Crippen molar-refractivity contribution >= 4 is 22.5 Å². The van der Waals surface area contributed by atoms with Gasteiger partial charge in [-0.1, -0.05) is 41.9 Å². The fourth-order valence-corrected chi connectivity index (χ4v) is 4.64. The summed E-state index contributed by atoms with van der Waals surface area (Å²) in [6.07, 6.45) is 6.26. The smallest absolute Gasteiger partial charge is 0.0458 e. The highest BCUT2D eigenvalue weighted by Gasteiger charge is 2.20. The van der Waals surface area contributed by atoms with Crippen LogP contribution in [0.4, 0.5) is 0 Å². The number of benzene rings is 2. The number of hydrogen-bond acceptors (Lipinski definition) is 1. The molecule has 2 heterocycles. The van der Waals surface area contributed by atoms with Gasteiger partial charge in [0.15, 0.2) is 0 Å². The van der Waals surface area contributed by atoms with Gasteiger partial charge < -0.3 is 9.88 Å². The number of H-pyrrole nitrogens is 1. The summed E-state index contributed by atoms with van der Waals surface area (Å²) in [7, 11) is 0. The summed E-state index contributed by atoms with van der Waals surface area (Å²) in [6.45, 7) is 5.88. The molecule has 3 heteroatoms. The zero-order chi connectivity index (χ0) is 18.6. The number of hydrogen-bond donors (Lipinski definition) is 1. The minimum atomic E-state index is 0.701. The molecule has 0 saturated carbocycles. The summed E-state index contributed by atoms with van der Waals surface area (Å²) in [5.41, 5.74) is 5.56. The lowest BCUT2D eigenvalue weighted by molar-refractivity contribution is 0.209. The zero-order valence-electron chi connectivity index (χ0n) is 16.2. The molecular formula is C24H29ClN2. The van der Waals surface area contributed by atoms with E-state index < -0.39 is 0 Å². The van der Waals surface area contributed by atoms with Crippen molar-refractivity contribution in [3.8, 4) is 0 Å². The van der Waals surface area contributed by atoms with E-state index in [1.807, 2.05) is 12.1 Å². The number of rotatable bonds is 6. The van der Waals surface area contributed by atoms with Crippen LogP contribution >= 0.6 is 11.6 Å². The van der Waals surface area contributed by atoms with Crippen molar-refractivity contribution in [2.75, 3.05) is 19.6 Å². The maximum atomic E-state index is 6.01. The van der Waals surface area contributed by atoms with Crippen LogP contribution in [0.25, 0.3) is 10.9 Å². The Balaban J connectivity index is 1.22. The maximum Gasteiger partial charge on any atom is 0.0458 e. The minimum absolute atomic E-state index is 0.701. The Morgan fingerprint density at radius 1 is 1.00 bits per heavy atom. The molecule has 1 aliphatic rings. The number of nitrogens with zero attached hydrogens (tertiary/aromatic N) is 1. The van der Waals surface area contributed by atoms with Gasteiger partial charge in [-0.3, -0.25) is 0 Å². The van der Waals surface area contributed by atoms with Crippen LogP contribution in [-0.2, 0) is 6.42 Å². The van der Waals surface area contributed by atoms with Gasteiger partial charge in [0.2, 0.25) is 0 Å². The first-order chi connectivity index (χ1) is 13.2. The van der Waals surface area contributed by atoms with Gasteiger partial charge in [-0.2, -0.15) is 0 Å². The Labute approximate surface area is 167 Å². The lowest BCUT2D eigenvalue weighted by Crippen LogP contribution is -2.33. The van der Waals surface area contributed by atoms with E-state index in [4.69, 9.17) is 11.6 Å². The molecule has 0 aliphatic carbocycles. The standard InChI is InChI=1S/C24H29ClN2/c1-18-22(23-7-2-3-8-24(23)26-18)6-4-5-15-27-16-13-20(14-17-27)19-9-11-21(25)12-10-19/h2-3,7-12,20,26H,4-6,13-17H2,1H3. The molecule has 142 valence electrons. The van der Waals surface area contributed by atoms with Crippen LogP contribution in [0.2, 0.25) is 5.02 Å². The van der Waals surface area contributed by atoms with E-state index in [1.54, 1.807) is 0 Å². The first kappa shape index (κ1) is 18.6. The molecule has 1 fully saturated rings. The van der Waals surface area contributed by atoms with E-state index in [0.29, 0.717) is 5.92 Å². The molecule has 0 spiro atoms. The summed E-state index contributed by atoms with van der Waals surface area (Å²) in [4.78, 5) is 6.17. The quantitative estimate of drug-likeness (QED) is 0.495. The van der Waals surface area contributed by atoms with Crippen molar-refractivity contribution in [2.24, 2.45) is 0 Å². The average Bonchev–Trinajstić information content (AvgIpc) is 3.02. The summed E-state index contributed by atoms with van der Waals surface area (Å²) < 4.78 is 0. The van der Waals surface area contributed by atoms with Crippen LogP contribution in [0.5, 0.6) is 0 Å². The number of piperidine rings is 1. The van der Waals surface area contributed by atoms with Gasteiger partial charge in [0.1, 0.15) is 0 Å². The molecule has 2 nitrogen and oxygen atoms in total. The second-order valence-electron chi connectivity index (χ2n) is 7.90. The van der Waals surface area contributed by atoms with Gasteiger partial charge in [0, 0.05) is 21.6 Å². The van der Waals surface area contributed by atoms with Crippen molar-refractivity contribution in [3.05, 3.63) is 70.4 Å². The number of nitrogens with one attached hydrogen (secondary N) is 1. The first-order valence-corrected chi connectivity index (χ1v) is 10.6. The van der Waals surface area contributed by atoms with E-state index in [0.717, 1.165) is 5.02 Å². The largest absolute Gasteiger partial charge is 0.358 e. The fourth-order valence-electron chi connectivity index (χ4n) is 4.52. The second-order valence-corrected chi connectivity index (χ2v) is 8.34. The number of aromatic nitrogens is 1.